The van der Waals surface area contributed by atoms with Crippen molar-refractivity contribution in [2.75, 3.05) is 33.4 Å². The van der Waals surface area contributed by atoms with Crippen molar-refractivity contribution in [1.29, 1.82) is 0 Å². The lowest BCUT2D eigenvalue weighted by molar-refractivity contribution is -0.0817. The van der Waals surface area contributed by atoms with Crippen LogP contribution in [0.1, 0.15) is 30.7 Å². The molecule has 0 bridgehead atoms. The lowest BCUT2D eigenvalue weighted by Gasteiger charge is -2.37. The Morgan fingerprint density at radius 2 is 1.96 bits per heavy atom. The molecule has 0 aromatic heterocycles. The van der Waals surface area contributed by atoms with Gasteiger partial charge in [0.15, 0.2) is 5.96 Å². The lowest BCUT2D eigenvalue weighted by atomic mass is 10.1. The van der Waals surface area contributed by atoms with Crippen LogP contribution in [0.3, 0.4) is 0 Å². The molecule has 3 fully saturated rings. The number of guanidine groups is 1. The molecule has 25 heavy (non-hydrogen) atoms. The van der Waals surface area contributed by atoms with Crippen LogP contribution in [0.15, 0.2) is 35.3 Å². The minimum absolute atomic E-state index is 0. The molecule has 138 valence electrons. The number of nitrogens with zero attached hydrogens (tertiary/aromatic N) is 2. The predicted octanol–water partition coefficient (Wildman–Crippen LogP) is 2.62. The summed E-state index contributed by atoms with van der Waals surface area (Å²) in [5.74, 6) is 1.61. The Bertz CT molecular complexity index is 577. The third-order valence-corrected chi connectivity index (χ3v) is 5.32. The van der Waals surface area contributed by atoms with Gasteiger partial charge in [0.2, 0.25) is 0 Å². The Labute approximate surface area is 167 Å². The van der Waals surface area contributed by atoms with Crippen molar-refractivity contribution in [2.45, 2.75) is 43.4 Å². The summed E-state index contributed by atoms with van der Waals surface area (Å²) in [7, 11) is 1.87. The van der Waals surface area contributed by atoms with Crippen molar-refractivity contribution in [1.82, 2.24) is 10.2 Å². The molecule has 2 aliphatic heterocycles. The van der Waals surface area contributed by atoms with Crippen molar-refractivity contribution < 1.29 is 9.47 Å². The minimum Gasteiger partial charge on any atom is -0.375 e. The lowest BCUT2D eigenvalue weighted by Crippen LogP contribution is -2.53. The van der Waals surface area contributed by atoms with Crippen LogP contribution >= 0.6 is 24.0 Å². The van der Waals surface area contributed by atoms with E-state index >= 15 is 0 Å². The Morgan fingerprint density at radius 3 is 2.68 bits per heavy atom. The van der Waals surface area contributed by atoms with Crippen LogP contribution in [-0.4, -0.2) is 62.5 Å². The molecule has 4 unspecified atom stereocenters. The number of morpholine rings is 1. The van der Waals surface area contributed by atoms with Gasteiger partial charge in [0, 0.05) is 38.7 Å². The molecule has 4 atom stereocenters. The molecule has 3 aliphatic rings. The zero-order valence-electron chi connectivity index (χ0n) is 14.8. The predicted molar refractivity (Wildman–Crippen MR) is 110 cm³/mol. The van der Waals surface area contributed by atoms with Gasteiger partial charge in [0.1, 0.15) is 6.10 Å². The average molecular weight is 457 g/mol. The topological polar surface area (TPSA) is 46.1 Å². The van der Waals surface area contributed by atoms with Crippen LogP contribution < -0.4 is 5.32 Å². The van der Waals surface area contributed by atoms with E-state index in [4.69, 9.17) is 9.47 Å². The highest BCUT2D eigenvalue weighted by Crippen LogP contribution is 2.40. The van der Waals surface area contributed by atoms with Gasteiger partial charge in [-0.2, -0.15) is 0 Å². The van der Waals surface area contributed by atoms with Crippen LogP contribution in [0.2, 0.25) is 0 Å². The highest BCUT2D eigenvalue weighted by atomic mass is 127. The zero-order valence-corrected chi connectivity index (χ0v) is 17.1. The molecule has 1 aromatic carbocycles. The first kappa shape index (κ1) is 18.9. The second-order valence-corrected chi connectivity index (χ2v) is 6.96. The molecule has 6 heteroatoms. The summed E-state index contributed by atoms with van der Waals surface area (Å²) in [6.07, 6.45) is 3.87. The molecule has 1 N–H and O–H groups in total. The molecular weight excluding hydrogens is 429 g/mol. The maximum atomic E-state index is 5.95. The van der Waals surface area contributed by atoms with Gasteiger partial charge in [-0.15, -0.1) is 24.0 Å². The van der Waals surface area contributed by atoms with Crippen LogP contribution in [0.5, 0.6) is 0 Å². The SMILES string of the molecule is CN=C(NC1CC1c1ccccc1)N1CCOC(C2CCCO2)C1.I. The summed E-state index contributed by atoms with van der Waals surface area (Å²) in [5.41, 5.74) is 1.42. The monoisotopic (exact) mass is 457 g/mol. The smallest absolute Gasteiger partial charge is 0.194 e. The van der Waals surface area contributed by atoms with Gasteiger partial charge in [-0.3, -0.25) is 4.99 Å². The number of benzene rings is 1. The Balaban J connectivity index is 0.00000182. The molecule has 4 rings (SSSR count). The zero-order chi connectivity index (χ0) is 16.4. The summed E-state index contributed by atoms with van der Waals surface area (Å²) in [4.78, 5) is 6.85. The number of aliphatic imine (C=N–C) groups is 1. The fraction of sp³-hybridized carbons (Fsp3) is 0.632. The largest absolute Gasteiger partial charge is 0.375 e. The van der Waals surface area contributed by atoms with E-state index < -0.39 is 0 Å². The first-order chi connectivity index (χ1) is 11.8. The number of hydrogen-bond donors (Lipinski definition) is 1. The Kier molecular flexibility index (Phi) is 6.57. The van der Waals surface area contributed by atoms with Crippen molar-refractivity contribution >= 4 is 29.9 Å². The van der Waals surface area contributed by atoms with Crippen LogP contribution in [0.25, 0.3) is 0 Å². The van der Waals surface area contributed by atoms with Crippen molar-refractivity contribution in [3.8, 4) is 0 Å². The van der Waals surface area contributed by atoms with Crippen molar-refractivity contribution in [3.05, 3.63) is 35.9 Å². The Morgan fingerprint density at radius 1 is 1.16 bits per heavy atom. The van der Waals surface area contributed by atoms with Gasteiger partial charge in [0.05, 0.1) is 12.7 Å². The van der Waals surface area contributed by atoms with E-state index in [1.165, 1.54) is 12.0 Å². The average Bonchev–Trinajstić information content (AvgIpc) is 3.19. The third-order valence-electron chi connectivity index (χ3n) is 5.32. The number of rotatable bonds is 3. The molecule has 2 heterocycles. The van der Waals surface area contributed by atoms with E-state index in [9.17, 15) is 0 Å². The van der Waals surface area contributed by atoms with Gasteiger partial charge in [0.25, 0.3) is 0 Å². The van der Waals surface area contributed by atoms with Gasteiger partial charge in [-0.1, -0.05) is 30.3 Å². The fourth-order valence-electron chi connectivity index (χ4n) is 3.87. The first-order valence-corrected chi connectivity index (χ1v) is 9.11. The van der Waals surface area contributed by atoms with E-state index in [0.29, 0.717) is 12.0 Å². The van der Waals surface area contributed by atoms with E-state index in [-0.39, 0.29) is 36.2 Å². The molecular formula is C19H28IN3O2. The van der Waals surface area contributed by atoms with E-state index in [2.05, 4.69) is 45.5 Å². The van der Waals surface area contributed by atoms with Gasteiger partial charge in [-0.25, -0.2) is 0 Å². The van der Waals surface area contributed by atoms with Crippen molar-refractivity contribution in [2.24, 2.45) is 4.99 Å². The van der Waals surface area contributed by atoms with Gasteiger partial charge in [-0.05, 0) is 24.8 Å². The maximum absolute atomic E-state index is 5.95. The normalized spacial score (nSPS) is 32.2. The van der Waals surface area contributed by atoms with Crippen molar-refractivity contribution in [3.63, 3.8) is 0 Å². The molecule has 1 aromatic rings. The number of hydrogen-bond acceptors (Lipinski definition) is 3. The molecule has 5 nitrogen and oxygen atoms in total. The fourth-order valence-corrected chi connectivity index (χ4v) is 3.87. The number of ether oxygens (including phenoxy) is 2. The highest BCUT2D eigenvalue weighted by Gasteiger charge is 2.40. The summed E-state index contributed by atoms with van der Waals surface area (Å²) in [5, 5.41) is 3.65. The number of nitrogens with one attached hydrogen (secondary N) is 1. The van der Waals surface area contributed by atoms with Crippen LogP contribution in [0.4, 0.5) is 0 Å². The maximum Gasteiger partial charge on any atom is 0.194 e. The molecule has 0 amide bonds. The van der Waals surface area contributed by atoms with Gasteiger partial charge < -0.3 is 19.7 Å². The van der Waals surface area contributed by atoms with E-state index in [1.807, 2.05) is 7.05 Å². The molecule has 1 saturated carbocycles. The minimum atomic E-state index is 0. The van der Waals surface area contributed by atoms with E-state index in [0.717, 1.165) is 45.1 Å². The third kappa shape index (κ3) is 4.46. The van der Waals surface area contributed by atoms with E-state index in [1.54, 1.807) is 0 Å². The molecule has 1 aliphatic carbocycles. The second kappa shape index (κ2) is 8.68. The Hall–Kier alpha value is -0.860. The first-order valence-electron chi connectivity index (χ1n) is 9.11. The number of halogens is 1. The van der Waals surface area contributed by atoms with Crippen LogP contribution in [-0.2, 0) is 9.47 Å². The molecule has 0 radical (unpaired) electrons. The second-order valence-electron chi connectivity index (χ2n) is 6.96. The van der Waals surface area contributed by atoms with Crippen LogP contribution in [0, 0.1) is 0 Å². The summed E-state index contributed by atoms with van der Waals surface area (Å²) >= 11 is 0. The quantitative estimate of drug-likeness (QED) is 0.431. The summed E-state index contributed by atoms with van der Waals surface area (Å²) in [6, 6.07) is 11.2. The molecule has 2 saturated heterocycles. The molecule has 0 spiro atoms. The highest BCUT2D eigenvalue weighted by molar-refractivity contribution is 14.0. The summed E-state index contributed by atoms with van der Waals surface area (Å²) in [6.45, 7) is 3.38. The van der Waals surface area contributed by atoms with Gasteiger partial charge >= 0.3 is 0 Å². The summed E-state index contributed by atoms with van der Waals surface area (Å²) < 4.78 is 11.8. The standard InChI is InChI=1S/C19H27N3O2.HI/c1-20-19(21-16-12-15(16)14-6-3-2-4-7-14)22-9-11-24-18(13-22)17-8-5-10-23-17;/h2-4,6-7,15-18H,5,8-13H2,1H3,(H,20,21);1H.